The highest BCUT2D eigenvalue weighted by molar-refractivity contribution is 6.31. The minimum atomic E-state index is -0.281. The van der Waals surface area contributed by atoms with Gasteiger partial charge in [-0.1, -0.05) is 24.6 Å². The van der Waals surface area contributed by atoms with E-state index in [0.717, 1.165) is 6.54 Å². The third-order valence-electron chi connectivity index (χ3n) is 2.28. The lowest BCUT2D eigenvalue weighted by Crippen LogP contribution is -2.21. The molecule has 0 aliphatic rings. The molecular weight excluding hydrogens is 225 g/mol. The van der Waals surface area contributed by atoms with Crippen molar-refractivity contribution in [2.75, 3.05) is 6.54 Å². The fraction of sp³-hybridized carbons (Fsp3) is 0.385. The molecule has 0 spiro atoms. The predicted molar refractivity (Wildman–Crippen MR) is 65.9 cm³/mol. The van der Waals surface area contributed by atoms with E-state index in [1.54, 1.807) is 19.1 Å². The Labute approximate surface area is 101 Å². The molecule has 1 nitrogen and oxygen atoms in total. The molecule has 0 aromatic heterocycles. The van der Waals surface area contributed by atoms with Crippen LogP contribution in [0.5, 0.6) is 0 Å². The van der Waals surface area contributed by atoms with Crippen molar-refractivity contribution in [2.45, 2.75) is 26.3 Å². The zero-order valence-electron chi connectivity index (χ0n) is 9.48. The highest BCUT2D eigenvalue weighted by Crippen LogP contribution is 2.27. The molecule has 1 aromatic rings. The standard InChI is InChI=1S/C13H15ClFN/c1-3-5-9-12(16-4-2)13-10(14)7-6-8-11(13)15/h6-8,12,16H,4,9H2,1-2H3. The number of hydrogen-bond donors (Lipinski definition) is 1. The Bertz CT molecular complexity index is 386. The lowest BCUT2D eigenvalue weighted by molar-refractivity contribution is 0.520. The maximum Gasteiger partial charge on any atom is 0.129 e. The van der Waals surface area contributed by atoms with Crippen LogP contribution in [0.2, 0.25) is 5.02 Å². The fourth-order valence-corrected chi connectivity index (χ4v) is 1.87. The van der Waals surface area contributed by atoms with Gasteiger partial charge in [-0.25, -0.2) is 4.39 Å². The van der Waals surface area contributed by atoms with Crippen LogP contribution < -0.4 is 5.32 Å². The summed E-state index contributed by atoms with van der Waals surface area (Å²) in [4.78, 5) is 0. The molecule has 0 fully saturated rings. The largest absolute Gasteiger partial charge is 0.309 e. The Morgan fingerprint density at radius 3 is 2.81 bits per heavy atom. The van der Waals surface area contributed by atoms with E-state index < -0.39 is 0 Å². The molecule has 0 aliphatic heterocycles. The van der Waals surface area contributed by atoms with Gasteiger partial charge in [-0.05, 0) is 25.6 Å². The molecule has 1 atom stereocenters. The van der Waals surface area contributed by atoms with Crippen LogP contribution in [0.15, 0.2) is 18.2 Å². The average Bonchev–Trinajstić information content (AvgIpc) is 2.25. The Hall–Kier alpha value is -1.04. The molecule has 86 valence electrons. The molecule has 16 heavy (non-hydrogen) atoms. The van der Waals surface area contributed by atoms with Crippen molar-refractivity contribution in [3.05, 3.63) is 34.6 Å². The molecule has 0 bridgehead atoms. The quantitative estimate of drug-likeness (QED) is 0.793. The van der Waals surface area contributed by atoms with Gasteiger partial charge in [0.05, 0.1) is 0 Å². The second-order valence-electron chi connectivity index (χ2n) is 3.38. The third-order valence-corrected chi connectivity index (χ3v) is 2.61. The molecule has 0 heterocycles. The maximum atomic E-state index is 13.7. The third kappa shape index (κ3) is 3.23. The summed E-state index contributed by atoms with van der Waals surface area (Å²) in [5.41, 5.74) is 0.508. The topological polar surface area (TPSA) is 12.0 Å². The van der Waals surface area contributed by atoms with Gasteiger partial charge >= 0.3 is 0 Å². The summed E-state index contributed by atoms with van der Waals surface area (Å²) in [6.07, 6.45) is 0.561. The molecule has 1 N–H and O–H groups in total. The maximum absolute atomic E-state index is 13.7. The first-order valence-corrected chi connectivity index (χ1v) is 5.65. The zero-order valence-corrected chi connectivity index (χ0v) is 10.2. The molecular formula is C13H15ClFN. The van der Waals surface area contributed by atoms with Gasteiger partial charge < -0.3 is 5.32 Å². The van der Waals surface area contributed by atoms with Crippen LogP contribution in [-0.4, -0.2) is 6.54 Å². The summed E-state index contributed by atoms with van der Waals surface area (Å²) in [6.45, 7) is 4.49. The first-order chi connectivity index (χ1) is 7.70. The molecule has 0 saturated heterocycles. The smallest absolute Gasteiger partial charge is 0.129 e. The van der Waals surface area contributed by atoms with E-state index in [4.69, 9.17) is 11.6 Å². The first kappa shape index (κ1) is 13.0. The Balaban J connectivity index is 3.02. The molecule has 3 heteroatoms. The van der Waals surface area contributed by atoms with Crippen molar-refractivity contribution >= 4 is 11.6 Å². The predicted octanol–water partition coefficient (Wildman–Crippen LogP) is 3.54. The summed E-state index contributed by atoms with van der Waals surface area (Å²) in [6, 6.07) is 4.58. The Morgan fingerprint density at radius 1 is 1.50 bits per heavy atom. The molecule has 0 amide bonds. The summed E-state index contributed by atoms with van der Waals surface area (Å²) < 4.78 is 13.7. The molecule has 0 aliphatic carbocycles. The van der Waals surface area contributed by atoms with Gasteiger partial charge in [0.2, 0.25) is 0 Å². The van der Waals surface area contributed by atoms with Gasteiger partial charge in [-0.15, -0.1) is 11.8 Å². The second-order valence-corrected chi connectivity index (χ2v) is 3.78. The minimum Gasteiger partial charge on any atom is -0.309 e. The van der Waals surface area contributed by atoms with Crippen LogP contribution in [0.25, 0.3) is 0 Å². The van der Waals surface area contributed by atoms with Crippen LogP contribution in [0.1, 0.15) is 31.9 Å². The van der Waals surface area contributed by atoms with E-state index in [-0.39, 0.29) is 11.9 Å². The lowest BCUT2D eigenvalue weighted by atomic mass is 10.0. The van der Waals surface area contributed by atoms with Crippen molar-refractivity contribution in [2.24, 2.45) is 0 Å². The number of hydrogen-bond acceptors (Lipinski definition) is 1. The van der Waals surface area contributed by atoms with Crippen molar-refractivity contribution in [1.29, 1.82) is 0 Å². The Kier molecular flexibility index (Phi) is 5.31. The summed E-state index contributed by atoms with van der Waals surface area (Å²) in [7, 11) is 0. The molecule has 1 aromatic carbocycles. The number of nitrogens with one attached hydrogen (secondary N) is 1. The lowest BCUT2D eigenvalue weighted by Gasteiger charge is -2.17. The molecule has 1 unspecified atom stereocenters. The second kappa shape index (κ2) is 6.52. The van der Waals surface area contributed by atoms with E-state index in [1.807, 2.05) is 6.92 Å². The van der Waals surface area contributed by atoms with E-state index in [1.165, 1.54) is 6.07 Å². The van der Waals surface area contributed by atoms with Gasteiger partial charge in [-0.3, -0.25) is 0 Å². The van der Waals surface area contributed by atoms with Crippen LogP contribution >= 0.6 is 11.6 Å². The first-order valence-electron chi connectivity index (χ1n) is 5.27. The molecule has 0 radical (unpaired) electrons. The van der Waals surface area contributed by atoms with Gasteiger partial charge in [0, 0.05) is 23.0 Å². The van der Waals surface area contributed by atoms with Gasteiger partial charge in [-0.2, -0.15) is 0 Å². The summed E-state index contributed by atoms with van der Waals surface area (Å²) in [5, 5.41) is 3.64. The van der Waals surface area contributed by atoms with E-state index >= 15 is 0 Å². The minimum absolute atomic E-state index is 0.147. The monoisotopic (exact) mass is 239 g/mol. The van der Waals surface area contributed by atoms with Gasteiger partial charge in [0.1, 0.15) is 5.82 Å². The van der Waals surface area contributed by atoms with E-state index in [9.17, 15) is 4.39 Å². The molecule has 1 rings (SSSR count). The van der Waals surface area contributed by atoms with Crippen LogP contribution in [0.3, 0.4) is 0 Å². The van der Waals surface area contributed by atoms with Crippen LogP contribution in [0, 0.1) is 17.7 Å². The number of halogens is 2. The Morgan fingerprint density at radius 2 is 2.25 bits per heavy atom. The highest BCUT2D eigenvalue weighted by atomic mass is 35.5. The van der Waals surface area contributed by atoms with Crippen molar-refractivity contribution in [1.82, 2.24) is 5.32 Å². The average molecular weight is 240 g/mol. The fourth-order valence-electron chi connectivity index (χ4n) is 1.57. The van der Waals surface area contributed by atoms with Crippen molar-refractivity contribution in [3.8, 4) is 11.8 Å². The summed E-state index contributed by atoms with van der Waals surface area (Å²) >= 11 is 6.01. The van der Waals surface area contributed by atoms with E-state index in [2.05, 4.69) is 17.2 Å². The van der Waals surface area contributed by atoms with Crippen molar-refractivity contribution < 1.29 is 4.39 Å². The normalized spacial score (nSPS) is 11.8. The summed E-state index contributed by atoms with van der Waals surface area (Å²) in [5.74, 6) is 5.48. The molecule has 0 saturated carbocycles. The number of benzene rings is 1. The van der Waals surface area contributed by atoms with Gasteiger partial charge in [0.25, 0.3) is 0 Å². The van der Waals surface area contributed by atoms with Crippen molar-refractivity contribution in [3.63, 3.8) is 0 Å². The highest BCUT2D eigenvalue weighted by Gasteiger charge is 2.16. The van der Waals surface area contributed by atoms with E-state index in [0.29, 0.717) is 17.0 Å². The number of rotatable bonds is 4. The SMILES string of the molecule is CC#CCC(NCC)c1c(F)cccc1Cl. The zero-order chi connectivity index (χ0) is 12.0. The van der Waals surface area contributed by atoms with Crippen LogP contribution in [-0.2, 0) is 0 Å². The van der Waals surface area contributed by atoms with Crippen LogP contribution in [0.4, 0.5) is 4.39 Å². The van der Waals surface area contributed by atoms with Gasteiger partial charge in [0.15, 0.2) is 0 Å².